The molecule has 1 aromatic carbocycles. The normalized spacial score (nSPS) is 20.2. The van der Waals surface area contributed by atoms with Crippen LogP contribution in [0.25, 0.3) is 0 Å². The quantitative estimate of drug-likeness (QED) is 0.870. The number of benzene rings is 1. The van der Waals surface area contributed by atoms with E-state index in [0.29, 0.717) is 5.02 Å². The van der Waals surface area contributed by atoms with Gasteiger partial charge in [-0.3, -0.25) is 4.79 Å². The molecule has 2 rings (SSSR count). The highest BCUT2D eigenvalue weighted by Crippen LogP contribution is 2.26. The van der Waals surface area contributed by atoms with E-state index in [4.69, 9.17) is 11.6 Å². The minimum absolute atomic E-state index is 0.0277. The van der Waals surface area contributed by atoms with Crippen molar-refractivity contribution in [2.75, 3.05) is 11.9 Å². The zero-order chi connectivity index (χ0) is 13.0. The van der Waals surface area contributed by atoms with Crippen molar-refractivity contribution in [3.05, 3.63) is 27.7 Å². The second-order valence-electron chi connectivity index (χ2n) is 4.47. The summed E-state index contributed by atoms with van der Waals surface area (Å²) in [4.78, 5) is 12.1. The molecule has 18 heavy (non-hydrogen) atoms. The van der Waals surface area contributed by atoms with Crippen LogP contribution >= 0.6 is 27.5 Å². The molecule has 0 aromatic heterocycles. The van der Waals surface area contributed by atoms with E-state index < -0.39 is 0 Å². The van der Waals surface area contributed by atoms with Crippen LogP contribution in [0.4, 0.5) is 5.69 Å². The number of anilines is 1. The lowest BCUT2D eigenvalue weighted by atomic mass is 10.1. The molecule has 1 aliphatic rings. The molecule has 5 heteroatoms. The summed E-state index contributed by atoms with van der Waals surface area (Å²) in [6.45, 7) is 0.917. The van der Waals surface area contributed by atoms with E-state index in [1.807, 2.05) is 0 Å². The SMILES string of the molecule is O=C(Nc1ccc(Cl)cc1Br)C1CCCCCN1. The predicted molar refractivity (Wildman–Crippen MR) is 78.0 cm³/mol. The van der Waals surface area contributed by atoms with E-state index >= 15 is 0 Å². The molecule has 0 bridgehead atoms. The molecule has 3 nitrogen and oxygen atoms in total. The third-order valence-electron chi connectivity index (χ3n) is 3.07. The first-order valence-electron chi connectivity index (χ1n) is 6.16. The molecule has 1 heterocycles. The van der Waals surface area contributed by atoms with Gasteiger partial charge in [0.05, 0.1) is 11.7 Å². The Morgan fingerprint density at radius 1 is 1.39 bits per heavy atom. The molecule has 98 valence electrons. The first-order valence-corrected chi connectivity index (χ1v) is 7.33. The highest BCUT2D eigenvalue weighted by Gasteiger charge is 2.19. The Bertz CT molecular complexity index is 431. The van der Waals surface area contributed by atoms with E-state index in [1.165, 1.54) is 6.42 Å². The molecular weight excluding hydrogens is 316 g/mol. The summed E-state index contributed by atoms with van der Waals surface area (Å²) in [7, 11) is 0. The van der Waals surface area contributed by atoms with Crippen LogP contribution in [0.2, 0.25) is 5.02 Å². The maximum atomic E-state index is 12.1. The van der Waals surface area contributed by atoms with Crippen LogP contribution in [0, 0.1) is 0 Å². The van der Waals surface area contributed by atoms with E-state index in [-0.39, 0.29) is 11.9 Å². The second kappa shape index (κ2) is 6.55. The largest absolute Gasteiger partial charge is 0.324 e. The smallest absolute Gasteiger partial charge is 0.241 e. The van der Waals surface area contributed by atoms with Crippen molar-refractivity contribution in [2.45, 2.75) is 31.7 Å². The van der Waals surface area contributed by atoms with Crippen molar-refractivity contribution in [2.24, 2.45) is 0 Å². The number of nitrogens with one attached hydrogen (secondary N) is 2. The first-order chi connectivity index (χ1) is 8.66. The molecule has 1 saturated heterocycles. The monoisotopic (exact) mass is 330 g/mol. The number of hydrogen-bond acceptors (Lipinski definition) is 2. The lowest BCUT2D eigenvalue weighted by Gasteiger charge is -2.16. The van der Waals surface area contributed by atoms with Crippen LogP contribution in [-0.2, 0) is 4.79 Å². The Labute approximate surface area is 120 Å². The van der Waals surface area contributed by atoms with Crippen molar-refractivity contribution in [1.82, 2.24) is 5.32 Å². The van der Waals surface area contributed by atoms with Crippen LogP contribution in [-0.4, -0.2) is 18.5 Å². The van der Waals surface area contributed by atoms with E-state index in [1.54, 1.807) is 18.2 Å². The molecule has 0 aliphatic carbocycles. The van der Waals surface area contributed by atoms with Gasteiger partial charge in [-0.1, -0.05) is 24.4 Å². The van der Waals surface area contributed by atoms with Crippen molar-refractivity contribution in [1.29, 1.82) is 0 Å². The molecule has 1 aliphatic heterocycles. The Kier molecular flexibility index (Phi) is 5.03. The standard InChI is InChI=1S/C13H16BrClN2O/c14-10-8-9(15)5-6-11(10)17-13(18)12-4-2-1-3-7-16-12/h5-6,8,12,16H,1-4,7H2,(H,17,18). The Morgan fingerprint density at radius 2 is 2.22 bits per heavy atom. The average molecular weight is 332 g/mol. The summed E-state index contributed by atoms with van der Waals surface area (Å²) in [6, 6.07) is 5.26. The zero-order valence-corrected chi connectivity index (χ0v) is 12.4. The van der Waals surface area contributed by atoms with Gasteiger partial charge in [0.2, 0.25) is 5.91 Å². The van der Waals surface area contributed by atoms with E-state index in [2.05, 4.69) is 26.6 Å². The highest BCUT2D eigenvalue weighted by atomic mass is 79.9. The Balaban J connectivity index is 2.01. The summed E-state index contributed by atoms with van der Waals surface area (Å²) in [6.07, 6.45) is 4.35. The van der Waals surface area contributed by atoms with Crippen LogP contribution in [0.15, 0.2) is 22.7 Å². The molecule has 0 spiro atoms. The first kappa shape index (κ1) is 13.8. The van der Waals surface area contributed by atoms with E-state index in [0.717, 1.165) is 36.0 Å². The van der Waals surface area contributed by atoms with Gasteiger partial charge in [0.1, 0.15) is 0 Å². The number of halogens is 2. The molecule has 1 atom stereocenters. The predicted octanol–water partition coefficient (Wildman–Crippen LogP) is 3.57. The maximum absolute atomic E-state index is 12.1. The summed E-state index contributed by atoms with van der Waals surface area (Å²) < 4.78 is 0.803. The molecular formula is C13H16BrClN2O. The van der Waals surface area contributed by atoms with Gasteiger partial charge in [-0.15, -0.1) is 0 Å². The third kappa shape index (κ3) is 3.70. The molecule has 2 N–H and O–H groups in total. The minimum Gasteiger partial charge on any atom is -0.324 e. The maximum Gasteiger partial charge on any atom is 0.241 e. The van der Waals surface area contributed by atoms with Gasteiger partial charge in [-0.25, -0.2) is 0 Å². The summed E-state index contributed by atoms with van der Waals surface area (Å²) in [5.41, 5.74) is 0.760. The highest BCUT2D eigenvalue weighted by molar-refractivity contribution is 9.10. The molecule has 0 saturated carbocycles. The molecule has 1 amide bonds. The van der Waals surface area contributed by atoms with Crippen LogP contribution in [0.1, 0.15) is 25.7 Å². The van der Waals surface area contributed by atoms with Gasteiger partial charge < -0.3 is 10.6 Å². The lowest BCUT2D eigenvalue weighted by Crippen LogP contribution is -2.39. The zero-order valence-electron chi connectivity index (χ0n) is 10.0. The fraction of sp³-hybridized carbons (Fsp3) is 0.462. The van der Waals surface area contributed by atoms with Crippen molar-refractivity contribution in [3.8, 4) is 0 Å². The van der Waals surface area contributed by atoms with Gasteiger partial charge in [0.25, 0.3) is 0 Å². The van der Waals surface area contributed by atoms with Crippen molar-refractivity contribution in [3.63, 3.8) is 0 Å². The van der Waals surface area contributed by atoms with Gasteiger partial charge >= 0.3 is 0 Å². The van der Waals surface area contributed by atoms with Gasteiger partial charge in [-0.2, -0.15) is 0 Å². The molecule has 1 fully saturated rings. The molecule has 1 aromatic rings. The van der Waals surface area contributed by atoms with Gasteiger partial charge in [-0.05, 0) is 53.5 Å². The lowest BCUT2D eigenvalue weighted by molar-refractivity contribution is -0.118. The van der Waals surface area contributed by atoms with Crippen molar-refractivity contribution < 1.29 is 4.79 Å². The number of carbonyl (C=O) groups is 1. The number of rotatable bonds is 2. The van der Waals surface area contributed by atoms with E-state index in [9.17, 15) is 4.79 Å². The fourth-order valence-electron chi connectivity index (χ4n) is 2.06. The number of amides is 1. The topological polar surface area (TPSA) is 41.1 Å². The van der Waals surface area contributed by atoms with Crippen molar-refractivity contribution >= 4 is 39.1 Å². The van der Waals surface area contributed by atoms with Crippen LogP contribution in [0.3, 0.4) is 0 Å². The molecule has 1 unspecified atom stereocenters. The van der Waals surface area contributed by atoms with Gasteiger partial charge in [0.15, 0.2) is 0 Å². The number of carbonyl (C=O) groups excluding carboxylic acids is 1. The van der Waals surface area contributed by atoms with Crippen LogP contribution < -0.4 is 10.6 Å². The second-order valence-corrected chi connectivity index (χ2v) is 5.76. The van der Waals surface area contributed by atoms with Gasteiger partial charge in [0, 0.05) is 9.50 Å². The third-order valence-corrected chi connectivity index (χ3v) is 3.96. The Hall–Kier alpha value is -0.580. The van der Waals surface area contributed by atoms with Crippen LogP contribution in [0.5, 0.6) is 0 Å². The summed E-state index contributed by atoms with van der Waals surface area (Å²) in [5, 5.41) is 6.85. The fourth-order valence-corrected chi connectivity index (χ4v) is 2.84. The summed E-state index contributed by atoms with van der Waals surface area (Å²) in [5.74, 6) is 0.0277. The molecule has 0 radical (unpaired) electrons. The minimum atomic E-state index is -0.0879. The summed E-state index contributed by atoms with van der Waals surface area (Å²) >= 11 is 9.26. The Morgan fingerprint density at radius 3 is 3.00 bits per heavy atom. The number of hydrogen-bond donors (Lipinski definition) is 2. The average Bonchev–Trinajstić information content (AvgIpc) is 2.61.